The topological polar surface area (TPSA) is 91.0 Å². The van der Waals surface area contributed by atoms with Gasteiger partial charge in [0.15, 0.2) is 0 Å². The molecule has 1 fully saturated rings. The lowest BCUT2D eigenvalue weighted by Gasteiger charge is -2.35. The number of amides is 4. The maximum atomic E-state index is 12.9. The Hall–Kier alpha value is -2.77. The van der Waals surface area contributed by atoms with Crippen LogP contribution in [-0.2, 0) is 9.53 Å². The van der Waals surface area contributed by atoms with Crippen LogP contribution in [0.15, 0.2) is 18.2 Å². The van der Waals surface area contributed by atoms with Gasteiger partial charge in [0.25, 0.3) is 0 Å². The number of aryl methyl sites for hydroxylation is 1. The van der Waals surface area contributed by atoms with E-state index >= 15 is 0 Å². The molecule has 2 rings (SSSR count). The summed E-state index contributed by atoms with van der Waals surface area (Å²) in [4.78, 5) is 40.6. The second kappa shape index (κ2) is 10.7. The molecule has 0 aliphatic carbocycles. The van der Waals surface area contributed by atoms with E-state index in [-0.39, 0.29) is 29.9 Å². The second-order valence-corrected chi connectivity index (χ2v) is 9.92. The van der Waals surface area contributed by atoms with Crippen molar-refractivity contribution in [1.29, 1.82) is 0 Å². The molecule has 1 aromatic carbocycles. The number of nitrogens with one attached hydrogen (secondary N) is 2. The summed E-state index contributed by atoms with van der Waals surface area (Å²) in [7, 11) is 1.73. The number of piperidine rings is 1. The number of carbonyl (C=O) groups excluding carboxylic acids is 3. The van der Waals surface area contributed by atoms with Gasteiger partial charge in [-0.1, -0.05) is 19.9 Å². The van der Waals surface area contributed by atoms with Crippen LogP contribution in [0.1, 0.15) is 53.0 Å². The molecule has 2 N–H and O–H groups in total. The lowest BCUT2D eigenvalue weighted by Crippen LogP contribution is -2.46. The predicted molar refractivity (Wildman–Crippen MR) is 127 cm³/mol. The minimum absolute atomic E-state index is 0.0703. The predicted octanol–water partition coefficient (Wildman–Crippen LogP) is 4.70. The fourth-order valence-electron chi connectivity index (χ4n) is 3.52. The minimum atomic E-state index is -0.537. The zero-order valence-electron chi connectivity index (χ0n) is 20.4. The zero-order chi connectivity index (χ0) is 24.1. The Morgan fingerprint density at radius 3 is 2.53 bits per heavy atom. The molecule has 8 heteroatoms. The van der Waals surface area contributed by atoms with Crippen molar-refractivity contribution < 1.29 is 19.1 Å². The Bertz CT molecular complexity index is 832. The first-order valence-corrected chi connectivity index (χ1v) is 11.3. The Morgan fingerprint density at radius 2 is 1.91 bits per heavy atom. The van der Waals surface area contributed by atoms with E-state index in [2.05, 4.69) is 10.6 Å². The summed E-state index contributed by atoms with van der Waals surface area (Å²) in [6.45, 7) is 12.9. The van der Waals surface area contributed by atoms with Crippen LogP contribution in [0.25, 0.3) is 0 Å². The van der Waals surface area contributed by atoms with Gasteiger partial charge in [0.2, 0.25) is 5.91 Å². The van der Waals surface area contributed by atoms with Crippen molar-refractivity contribution >= 4 is 29.4 Å². The molecular weight excluding hydrogens is 408 g/mol. The van der Waals surface area contributed by atoms with Crippen molar-refractivity contribution in [2.24, 2.45) is 11.8 Å². The monoisotopic (exact) mass is 446 g/mol. The van der Waals surface area contributed by atoms with Crippen molar-refractivity contribution in [2.75, 3.05) is 37.3 Å². The second-order valence-electron chi connectivity index (χ2n) is 9.92. The van der Waals surface area contributed by atoms with Crippen molar-refractivity contribution in [3.8, 4) is 0 Å². The quantitative estimate of drug-likeness (QED) is 0.686. The van der Waals surface area contributed by atoms with Crippen LogP contribution in [0.4, 0.5) is 21.0 Å². The van der Waals surface area contributed by atoms with Gasteiger partial charge in [0.05, 0.1) is 0 Å². The third-order valence-corrected chi connectivity index (χ3v) is 5.31. The molecule has 1 unspecified atom stereocenters. The van der Waals surface area contributed by atoms with E-state index in [4.69, 9.17) is 4.74 Å². The SMILES string of the molecule is Cc1ccc(NC(=O)C(C)C)cc1NC(=O)N1CCCC(CN(C)C(=O)OC(C)(C)C)C1. The molecule has 8 nitrogen and oxygen atoms in total. The largest absolute Gasteiger partial charge is 0.444 e. The van der Waals surface area contributed by atoms with Crippen LogP contribution in [0.5, 0.6) is 0 Å². The van der Waals surface area contributed by atoms with Gasteiger partial charge in [-0.15, -0.1) is 0 Å². The summed E-state index contributed by atoms with van der Waals surface area (Å²) in [5.41, 5.74) is 1.70. The van der Waals surface area contributed by atoms with Gasteiger partial charge in [-0.3, -0.25) is 4.79 Å². The van der Waals surface area contributed by atoms with E-state index in [1.165, 1.54) is 0 Å². The first-order valence-electron chi connectivity index (χ1n) is 11.3. The fraction of sp³-hybridized carbons (Fsp3) is 0.625. The zero-order valence-corrected chi connectivity index (χ0v) is 20.4. The van der Waals surface area contributed by atoms with E-state index in [0.717, 1.165) is 18.4 Å². The number of carbonyl (C=O) groups is 3. The van der Waals surface area contributed by atoms with Crippen LogP contribution < -0.4 is 10.6 Å². The molecule has 32 heavy (non-hydrogen) atoms. The van der Waals surface area contributed by atoms with Gasteiger partial charge in [0.1, 0.15) is 5.60 Å². The van der Waals surface area contributed by atoms with E-state index < -0.39 is 5.60 Å². The summed E-state index contributed by atoms with van der Waals surface area (Å²) in [5, 5.41) is 5.84. The third kappa shape index (κ3) is 7.73. The summed E-state index contributed by atoms with van der Waals surface area (Å²) < 4.78 is 5.42. The Balaban J connectivity index is 1.97. The van der Waals surface area contributed by atoms with E-state index in [9.17, 15) is 14.4 Å². The number of urea groups is 1. The number of likely N-dealkylation sites (tertiary alicyclic amines) is 1. The number of anilines is 2. The van der Waals surface area contributed by atoms with Crippen LogP contribution in [-0.4, -0.2) is 60.1 Å². The average molecular weight is 447 g/mol. The summed E-state index contributed by atoms with van der Waals surface area (Å²) in [6.07, 6.45) is 1.48. The molecule has 0 saturated carbocycles. The maximum Gasteiger partial charge on any atom is 0.410 e. The molecule has 1 aliphatic rings. The average Bonchev–Trinajstić information content (AvgIpc) is 2.69. The number of benzene rings is 1. The van der Waals surface area contributed by atoms with Crippen LogP contribution in [0, 0.1) is 18.8 Å². The lowest BCUT2D eigenvalue weighted by atomic mass is 9.98. The molecule has 178 valence electrons. The molecule has 4 amide bonds. The van der Waals surface area contributed by atoms with Gasteiger partial charge < -0.3 is 25.2 Å². The molecule has 0 radical (unpaired) electrons. The van der Waals surface area contributed by atoms with Crippen molar-refractivity contribution in [3.05, 3.63) is 23.8 Å². The maximum absolute atomic E-state index is 12.9. The number of nitrogens with zero attached hydrogens (tertiary/aromatic N) is 2. The minimum Gasteiger partial charge on any atom is -0.444 e. The number of hydrogen-bond donors (Lipinski definition) is 2. The summed E-state index contributed by atoms with van der Waals surface area (Å²) in [6, 6.07) is 5.31. The Morgan fingerprint density at radius 1 is 1.22 bits per heavy atom. The standard InChI is InChI=1S/C24H38N4O4/c1-16(2)21(29)25-19-11-10-17(3)20(13-19)26-22(30)28-12-8-9-18(15-28)14-27(7)23(31)32-24(4,5)6/h10-11,13,16,18H,8-9,12,14-15H2,1-7H3,(H,25,29)(H,26,30). The van der Waals surface area contributed by atoms with Gasteiger partial charge in [-0.2, -0.15) is 0 Å². The Kier molecular flexibility index (Phi) is 8.52. The normalized spacial score (nSPS) is 16.5. The smallest absolute Gasteiger partial charge is 0.410 e. The molecule has 0 spiro atoms. The Labute approximate surface area is 191 Å². The number of ether oxygens (including phenoxy) is 1. The van der Waals surface area contributed by atoms with Crippen LogP contribution >= 0.6 is 0 Å². The molecule has 0 aromatic heterocycles. The molecule has 1 atom stereocenters. The lowest BCUT2D eigenvalue weighted by molar-refractivity contribution is -0.118. The fourth-order valence-corrected chi connectivity index (χ4v) is 3.52. The van der Waals surface area contributed by atoms with Crippen molar-refractivity contribution in [2.45, 2.75) is 60.0 Å². The first kappa shape index (κ1) is 25.5. The van der Waals surface area contributed by atoms with Crippen LogP contribution in [0.3, 0.4) is 0 Å². The highest BCUT2D eigenvalue weighted by Crippen LogP contribution is 2.23. The van der Waals surface area contributed by atoms with E-state index in [0.29, 0.717) is 31.0 Å². The first-order chi connectivity index (χ1) is 14.9. The highest BCUT2D eigenvalue weighted by Gasteiger charge is 2.27. The van der Waals surface area contributed by atoms with E-state index in [1.807, 2.05) is 53.7 Å². The number of rotatable bonds is 5. The number of hydrogen-bond acceptors (Lipinski definition) is 4. The molecular formula is C24H38N4O4. The molecule has 0 bridgehead atoms. The highest BCUT2D eigenvalue weighted by molar-refractivity contribution is 5.94. The van der Waals surface area contributed by atoms with Crippen molar-refractivity contribution in [1.82, 2.24) is 9.80 Å². The molecule has 1 aromatic rings. The van der Waals surface area contributed by atoms with Crippen molar-refractivity contribution in [3.63, 3.8) is 0 Å². The van der Waals surface area contributed by atoms with Crippen LogP contribution in [0.2, 0.25) is 0 Å². The summed E-state index contributed by atoms with van der Waals surface area (Å²) >= 11 is 0. The van der Waals surface area contributed by atoms with Gasteiger partial charge in [-0.05, 0) is 64.2 Å². The van der Waals surface area contributed by atoms with Gasteiger partial charge in [-0.25, -0.2) is 9.59 Å². The molecule has 1 saturated heterocycles. The van der Waals surface area contributed by atoms with Gasteiger partial charge >= 0.3 is 12.1 Å². The molecule has 1 aliphatic heterocycles. The van der Waals surface area contributed by atoms with E-state index in [1.54, 1.807) is 22.9 Å². The third-order valence-electron chi connectivity index (χ3n) is 5.31. The summed E-state index contributed by atoms with van der Waals surface area (Å²) in [5.74, 6) is -0.0117. The molecule has 1 heterocycles. The highest BCUT2D eigenvalue weighted by atomic mass is 16.6. The van der Waals surface area contributed by atoms with Gasteiger partial charge in [0, 0.05) is 44.0 Å².